The number of fused-ring (bicyclic) bond motifs is 2. The van der Waals surface area contributed by atoms with Crippen molar-refractivity contribution < 1.29 is 9.90 Å². The minimum Gasteiger partial charge on any atom is -0.465 e. The number of carboxylic acid groups (broad SMARTS) is 1. The van der Waals surface area contributed by atoms with Gasteiger partial charge in [0.15, 0.2) is 10.8 Å². The Bertz CT molecular complexity index is 1240. The zero-order chi connectivity index (χ0) is 20.7. The van der Waals surface area contributed by atoms with Crippen LogP contribution < -0.4 is 10.2 Å². The highest BCUT2D eigenvalue weighted by molar-refractivity contribution is 7.99. The summed E-state index contributed by atoms with van der Waals surface area (Å²) in [5.41, 5.74) is 1.44. The largest absolute Gasteiger partial charge is 0.465 e. The van der Waals surface area contributed by atoms with Crippen molar-refractivity contribution in [2.24, 2.45) is 0 Å². The predicted octanol–water partition coefficient (Wildman–Crippen LogP) is 3.15. The number of amides is 1. The molecule has 1 fully saturated rings. The third kappa shape index (κ3) is 4.51. The highest BCUT2D eigenvalue weighted by Crippen LogP contribution is 2.33. The van der Waals surface area contributed by atoms with Crippen LogP contribution in [0.1, 0.15) is 0 Å². The van der Waals surface area contributed by atoms with E-state index >= 15 is 0 Å². The minimum atomic E-state index is -1.12. The first kappa shape index (κ1) is 21.6. The van der Waals surface area contributed by atoms with E-state index in [4.69, 9.17) is 10.2 Å². The molecule has 162 valence electrons. The van der Waals surface area contributed by atoms with Crippen molar-refractivity contribution in [1.82, 2.24) is 29.7 Å². The van der Waals surface area contributed by atoms with Crippen LogP contribution in [0.15, 0.2) is 40.4 Å². The molecule has 0 aliphatic carbocycles. The van der Waals surface area contributed by atoms with Crippen LogP contribution in [0.3, 0.4) is 0 Å². The third-order valence-electron chi connectivity index (χ3n) is 4.83. The van der Waals surface area contributed by atoms with E-state index in [0.29, 0.717) is 15.9 Å². The van der Waals surface area contributed by atoms with E-state index in [1.165, 1.54) is 23.1 Å². The van der Waals surface area contributed by atoms with Crippen molar-refractivity contribution in [2.45, 2.75) is 10.1 Å². The normalized spacial score (nSPS) is 14.7. The Labute approximate surface area is 191 Å². The molecule has 4 aromatic rings. The number of piperazine rings is 1. The summed E-state index contributed by atoms with van der Waals surface area (Å²) in [6.45, 7) is 3.90. The summed E-state index contributed by atoms with van der Waals surface area (Å²) in [6, 6.07) is 9.70. The molecule has 0 bridgehead atoms. The van der Waals surface area contributed by atoms with Gasteiger partial charge in [0.1, 0.15) is 5.82 Å². The molecule has 0 radical (unpaired) electrons. The number of rotatable bonds is 4. The van der Waals surface area contributed by atoms with E-state index in [0.717, 1.165) is 47.1 Å². The number of hydrogen-bond donors (Lipinski definition) is 2. The van der Waals surface area contributed by atoms with Crippen LogP contribution in [0.5, 0.6) is 0 Å². The molecule has 13 heteroatoms. The van der Waals surface area contributed by atoms with Gasteiger partial charge in [0, 0.05) is 31.1 Å². The molecule has 1 aliphatic heterocycles. The van der Waals surface area contributed by atoms with Gasteiger partial charge < -0.3 is 14.9 Å². The quantitative estimate of drug-likeness (QED) is 0.456. The first-order chi connectivity index (χ1) is 14.5. The zero-order valence-electron chi connectivity index (χ0n) is 16.4. The number of halogens is 1. The second-order valence-electron chi connectivity index (χ2n) is 6.92. The molecule has 4 heterocycles. The molecular formula is C18H19ClN8O2S2. The average molecular weight is 479 g/mol. The van der Waals surface area contributed by atoms with Gasteiger partial charge in [-0.15, -0.1) is 27.7 Å². The number of nitrogens with one attached hydrogen (secondary N) is 1. The summed E-state index contributed by atoms with van der Waals surface area (Å²) in [5.74, 6) is 0.916. The van der Waals surface area contributed by atoms with Gasteiger partial charge >= 0.3 is 6.09 Å². The van der Waals surface area contributed by atoms with Gasteiger partial charge in [0.2, 0.25) is 5.16 Å². The van der Waals surface area contributed by atoms with Crippen molar-refractivity contribution in [1.29, 1.82) is 0 Å². The molecule has 1 aromatic carbocycles. The highest BCUT2D eigenvalue weighted by atomic mass is 35.5. The van der Waals surface area contributed by atoms with Gasteiger partial charge in [-0.2, -0.15) is 4.52 Å². The van der Waals surface area contributed by atoms with Crippen molar-refractivity contribution >= 4 is 68.4 Å². The zero-order valence-corrected chi connectivity index (χ0v) is 18.9. The molecular weight excluding hydrogens is 460 g/mol. The van der Waals surface area contributed by atoms with E-state index in [1.54, 1.807) is 4.52 Å². The maximum absolute atomic E-state index is 10.8. The third-order valence-corrected chi connectivity index (χ3v) is 6.69. The second-order valence-corrected chi connectivity index (χ2v) is 8.99. The number of nitrogens with zero attached hydrogens (tertiary/aromatic N) is 7. The Morgan fingerprint density at radius 3 is 2.74 bits per heavy atom. The summed E-state index contributed by atoms with van der Waals surface area (Å²) < 4.78 is 2.66. The van der Waals surface area contributed by atoms with Crippen molar-refractivity contribution in [3.63, 3.8) is 0 Å². The fraction of sp³-hybridized carbons (Fsp3) is 0.278. The fourth-order valence-electron chi connectivity index (χ4n) is 3.25. The van der Waals surface area contributed by atoms with Gasteiger partial charge in [-0.05, 0) is 49.1 Å². The standard InChI is InChI=1S/C18H18N8O2S2.ClH/c1-24-6-8-25(9-7-24)15-5-4-14-21-22-17(26(14)23-15)29-11-2-3-12-13(10-11)30-16(19-12)20-18(27)28;/h2-5,10H,6-9H2,1H3,(H,19,20)(H,27,28);1H. The molecule has 0 saturated carbocycles. The molecule has 1 saturated heterocycles. The van der Waals surface area contributed by atoms with Crippen molar-refractivity contribution in [3.05, 3.63) is 30.3 Å². The number of likely N-dealkylation sites (N-methyl/N-ethyl adjacent to an activating group) is 1. The fourth-order valence-corrected chi connectivity index (χ4v) is 5.04. The summed E-state index contributed by atoms with van der Waals surface area (Å²) in [5, 5.41) is 25.5. The predicted molar refractivity (Wildman–Crippen MR) is 123 cm³/mol. The van der Waals surface area contributed by atoms with Gasteiger partial charge in [0.05, 0.1) is 10.2 Å². The maximum atomic E-state index is 10.8. The molecule has 0 atom stereocenters. The Hall–Kier alpha value is -2.67. The summed E-state index contributed by atoms with van der Waals surface area (Å²) >= 11 is 2.75. The van der Waals surface area contributed by atoms with Crippen LogP contribution >= 0.6 is 35.5 Å². The number of carbonyl (C=O) groups is 1. The highest BCUT2D eigenvalue weighted by Gasteiger charge is 2.17. The van der Waals surface area contributed by atoms with Crippen LogP contribution in [-0.4, -0.2) is 74.1 Å². The van der Waals surface area contributed by atoms with Gasteiger partial charge in [-0.25, -0.2) is 9.78 Å². The SMILES string of the molecule is CN1CCN(c2ccc3nnc(Sc4ccc5nc(NC(=O)O)sc5c4)n3n2)CC1.Cl. The van der Waals surface area contributed by atoms with E-state index in [-0.39, 0.29) is 12.4 Å². The second kappa shape index (κ2) is 8.83. The Balaban J connectivity index is 0.00000231. The molecule has 2 N–H and O–H groups in total. The number of aromatic nitrogens is 5. The molecule has 1 aliphatic rings. The Morgan fingerprint density at radius 1 is 1.16 bits per heavy atom. The van der Waals surface area contributed by atoms with Crippen molar-refractivity contribution in [2.75, 3.05) is 43.4 Å². The van der Waals surface area contributed by atoms with Gasteiger partial charge in [0.25, 0.3) is 0 Å². The Kier molecular flexibility index (Phi) is 6.14. The molecule has 3 aromatic heterocycles. The lowest BCUT2D eigenvalue weighted by molar-refractivity contribution is 0.209. The smallest absolute Gasteiger partial charge is 0.410 e. The van der Waals surface area contributed by atoms with Gasteiger partial charge in [-0.1, -0.05) is 11.3 Å². The van der Waals surface area contributed by atoms with Crippen LogP contribution in [0, 0.1) is 0 Å². The number of hydrogen-bond acceptors (Lipinski definition) is 9. The van der Waals surface area contributed by atoms with Crippen LogP contribution in [0.4, 0.5) is 15.7 Å². The lowest BCUT2D eigenvalue weighted by atomic mass is 10.3. The first-order valence-corrected chi connectivity index (χ1v) is 10.9. The molecule has 31 heavy (non-hydrogen) atoms. The maximum Gasteiger partial charge on any atom is 0.410 e. The van der Waals surface area contributed by atoms with Gasteiger partial charge in [-0.3, -0.25) is 5.32 Å². The number of anilines is 2. The topological polar surface area (TPSA) is 112 Å². The summed E-state index contributed by atoms with van der Waals surface area (Å²) in [6.07, 6.45) is -1.12. The number of thiazole rings is 1. The van der Waals surface area contributed by atoms with E-state index in [1.807, 2.05) is 30.3 Å². The molecule has 5 rings (SSSR count). The molecule has 10 nitrogen and oxygen atoms in total. The van der Waals surface area contributed by atoms with Crippen molar-refractivity contribution in [3.8, 4) is 0 Å². The Morgan fingerprint density at radius 2 is 1.97 bits per heavy atom. The van der Waals surface area contributed by atoms with Crippen LogP contribution in [0.2, 0.25) is 0 Å². The lowest BCUT2D eigenvalue weighted by Crippen LogP contribution is -2.44. The van der Waals surface area contributed by atoms with E-state index in [9.17, 15) is 4.79 Å². The molecule has 0 unspecified atom stereocenters. The minimum absolute atomic E-state index is 0. The summed E-state index contributed by atoms with van der Waals surface area (Å²) in [4.78, 5) is 20.6. The average Bonchev–Trinajstić information content (AvgIpc) is 3.31. The van der Waals surface area contributed by atoms with E-state index < -0.39 is 6.09 Å². The monoisotopic (exact) mass is 478 g/mol. The summed E-state index contributed by atoms with van der Waals surface area (Å²) in [7, 11) is 2.13. The molecule has 1 amide bonds. The molecule has 0 spiro atoms. The lowest BCUT2D eigenvalue weighted by Gasteiger charge is -2.33. The van der Waals surface area contributed by atoms with E-state index in [2.05, 4.69) is 37.3 Å². The van der Waals surface area contributed by atoms with Crippen LogP contribution in [-0.2, 0) is 0 Å². The number of benzene rings is 1. The van der Waals surface area contributed by atoms with Crippen LogP contribution in [0.25, 0.3) is 15.9 Å². The first-order valence-electron chi connectivity index (χ1n) is 9.29.